The predicted molar refractivity (Wildman–Crippen MR) is 84.5 cm³/mol. The normalized spacial score (nSPS) is 11.7. The van der Waals surface area contributed by atoms with Crippen molar-refractivity contribution in [2.45, 2.75) is 19.5 Å². The Morgan fingerprint density at radius 3 is 2.67 bits per heavy atom. The van der Waals surface area contributed by atoms with E-state index in [0.29, 0.717) is 17.1 Å². The van der Waals surface area contributed by atoms with Crippen LogP contribution in [0.2, 0.25) is 5.02 Å². The molecule has 0 aliphatic carbocycles. The Morgan fingerprint density at radius 1 is 1.24 bits per heavy atom. The van der Waals surface area contributed by atoms with Crippen molar-refractivity contribution in [2.75, 3.05) is 0 Å². The van der Waals surface area contributed by atoms with Crippen LogP contribution >= 0.6 is 22.9 Å². The Labute approximate surface area is 132 Å². The van der Waals surface area contributed by atoms with Gasteiger partial charge in [-0.1, -0.05) is 29.8 Å². The first kappa shape index (κ1) is 15.5. The van der Waals surface area contributed by atoms with Gasteiger partial charge in [-0.2, -0.15) is 0 Å². The summed E-state index contributed by atoms with van der Waals surface area (Å²) in [5, 5.41) is 7.73. The molecular formula is C15H15ClN2O2S. The highest BCUT2D eigenvalue weighted by molar-refractivity contribution is 7.09. The topological polar surface area (TPSA) is 58.2 Å². The molecule has 2 rings (SSSR count). The minimum absolute atomic E-state index is 0.233. The summed E-state index contributed by atoms with van der Waals surface area (Å²) in [4.78, 5) is 25.0. The molecule has 2 N–H and O–H groups in total. The Hall–Kier alpha value is -1.85. The van der Waals surface area contributed by atoms with Gasteiger partial charge >= 0.3 is 0 Å². The molecule has 1 aromatic heterocycles. The lowest BCUT2D eigenvalue weighted by Gasteiger charge is -2.14. The zero-order valence-corrected chi connectivity index (χ0v) is 13.0. The van der Waals surface area contributed by atoms with Gasteiger partial charge in [0.25, 0.3) is 5.91 Å². The van der Waals surface area contributed by atoms with Gasteiger partial charge in [0, 0.05) is 4.88 Å². The average molecular weight is 323 g/mol. The number of nitrogens with one attached hydrogen (secondary N) is 2. The van der Waals surface area contributed by atoms with Crippen LogP contribution in [0.3, 0.4) is 0 Å². The molecule has 6 heteroatoms. The molecule has 1 atom stereocenters. The zero-order chi connectivity index (χ0) is 15.2. The maximum atomic E-state index is 12.0. The number of benzene rings is 1. The number of hydrogen-bond donors (Lipinski definition) is 2. The third-order valence-corrected chi connectivity index (χ3v) is 4.08. The number of rotatable bonds is 5. The Kier molecular flexibility index (Phi) is 5.36. The summed E-state index contributed by atoms with van der Waals surface area (Å²) in [6.45, 7) is 2.10. The first-order valence-corrected chi connectivity index (χ1v) is 7.69. The van der Waals surface area contributed by atoms with Crippen LogP contribution in [0.5, 0.6) is 0 Å². The molecule has 0 aliphatic heterocycles. The molecule has 0 fully saturated rings. The maximum absolute atomic E-state index is 12.0. The lowest BCUT2D eigenvalue weighted by Crippen LogP contribution is -2.44. The van der Waals surface area contributed by atoms with Gasteiger partial charge < -0.3 is 10.6 Å². The summed E-state index contributed by atoms with van der Waals surface area (Å²) in [6, 6.07) is 9.96. The average Bonchev–Trinajstić information content (AvgIpc) is 2.98. The highest BCUT2D eigenvalue weighted by Crippen LogP contribution is 2.14. The molecular weight excluding hydrogens is 308 g/mol. The van der Waals surface area contributed by atoms with Crippen molar-refractivity contribution < 1.29 is 9.59 Å². The van der Waals surface area contributed by atoms with E-state index >= 15 is 0 Å². The molecule has 0 saturated heterocycles. The minimum Gasteiger partial charge on any atom is -0.349 e. The smallest absolute Gasteiger partial charge is 0.253 e. The largest absolute Gasteiger partial charge is 0.349 e. The van der Waals surface area contributed by atoms with E-state index in [1.165, 1.54) is 0 Å². The van der Waals surface area contributed by atoms with Gasteiger partial charge in [-0.15, -0.1) is 11.3 Å². The van der Waals surface area contributed by atoms with E-state index in [1.54, 1.807) is 42.5 Å². The molecule has 1 aromatic carbocycles. The van der Waals surface area contributed by atoms with E-state index in [0.717, 1.165) is 4.88 Å². The van der Waals surface area contributed by atoms with Crippen LogP contribution in [-0.4, -0.2) is 17.9 Å². The highest BCUT2D eigenvalue weighted by atomic mass is 35.5. The first-order chi connectivity index (χ1) is 10.1. The van der Waals surface area contributed by atoms with Crippen molar-refractivity contribution in [1.29, 1.82) is 0 Å². The van der Waals surface area contributed by atoms with E-state index in [1.807, 2.05) is 17.5 Å². The first-order valence-electron chi connectivity index (χ1n) is 6.43. The van der Waals surface area contributed by atoms with Crippen molar-refractivity contribution in [3.8, 4) is 0 Å². The number of hydrogen-bond acceptors (Lipinski definition) is 3. The van der Waals surface area contributed by atoms with Crippen LogP contribution in [-0.2, 0) is 11.3 Å². The van der Waals surface area contributed by atoms with E-state index in [9.17, 15) is 9.59 Å². The van der Waals surface area contributed by atoms with Crippen LogP contribution in [0.25, 0.3) is 0 Å². The number of amides is 2. The molecule has 1 heterocycles. The Balaban J connectivity index is 1.88. The third kappa shape index (κ3) is 4.31. The van der Waals surface area contributed by atoms with E-state index < -0.39 is 6.04 Å². The summed E-state index contributed by atoms with van der Waals surface area (Å²) < 4.78 is 0. The summed E-state index contributed by atoms with van der Waals surface area (Å²) in [5.74, 6) is -0.594. The summed E-state index contributed by atoms with van der Waals surface area (Å²) in [5.41, 5.74) is 0.358. The Morgan fingerprint density at radius 2 is 2.00 bits per heavy atom. The lowest BCUT2D eigenvalue weighted by molar-refractivity contribution is -0.122. The van der Waals surface area contributed by atoms with Crippen molar-refractivity contribution in [3.05, 3.63) is 57.2 Å². The fraction of sp³-hybridized carbons (Fsp3) is 0.200. The molecule has 0 unspecified atom stereocenters. The highest BCUT2D eigenvalue weighted by Gasteiger charge is 2.17. The van der Waals surface area contributed by atoms with Crippen LogP contribution in [0.15, 0.2) is 41.8 Å². The molecule has 110 valence electrons. The lowest BCUT2D eigenvalue weighted by atomic mass is 10.2. The fourth-order valence-corrected chi connectivity index (χ4v) is 2.59. The van der Waals surface area contributed by atoms with Crippen LogP contribution in [0.1, 0.15) is 22.2 Å². The number of halogens is 1. The molecule has 0 radical (unpaired) electrons. The quantitative estimate of drug-likeness (QED) is 0.889. The summed E-state index contributed by atoms with van der Waals surface area (Å²) >= 11 is 7.52. The summed E-state index contributed by atoms with van der Waals surface area (Å²) in [7, 11) is 0. The number of carbonyl (C=O) groups is 2. The molecule has 0 bridgehead atoms. The fourth-order valence-electron chi connectivity index (χ4n) is 1.73. The van der Waals surface area contributed by atoms with Crippen LogP contribution in [0, 0.1) is 0 Å². The van der Waals surface area contributed by atoms with E-state index in [2.05, 4.69) is 10.6 Å². The SMILES string of the molecule is C[C@@H](NC(=O)c1ccccc1Cl)C(=O)NCc1cccs1. The zero-order valence-electron chi connectivity index (χ0n) is 11.4. The van der Waals surface area contributed by atoms with Gasteiger partial charge in [0.1, 0.15) is 6.04 Å². The van der Waals surface area contributed by atoms with Gasteiger partial charge in [-0.3, -0.25) is 9.59 Å². The second-order valence-electron chi connectivity index (χ2n) is 4.47. The standard InChI is InChI=1S/C15H15ClN2O2S/c1-10(14(19)17-9-11-5-4-8-21-11)18-15(20)12-6-2-3-7-13(12)16/h2-8,10H,9H2,1H3,(H,17,19)(H,18,20)/t10-/m1/s1. The van der Waals surface area contributed by atoms with Crippen molar-refractivity contribution in [3.63, 3.8) is 0 Å². The van der Waals surface area contributed by atoms with Gasteiger partial charge in [0.15, 0.2) is 0 Å². The molecule has 0 spiro atoms. The van der Waals surface area contributed by atoms with Gasteiger partial charge in [0.2, 0.25) is 5.91 Å². The van der Waals surface area contributed by atoms with Gasteiger partial charge in [0.05, 0.1) is 17.1 Å². The number of thiophene rings is 1. The predicted octanol–water partition coefficient (Wildman–Crippen LogP) is 2.84. The molecule has 4 nitrogen and oxygen atoms in total. The van der Waals surface area contributed by atoms with E-state index in [4.69, 9.17) is 11.6 Å². The maximum Gasteiger partial charge on any atom is 0.253 e. The van der Waals surface area contributed by atoms with Gasteiger partial charge in [-0.05, 0) is 30.5 Å². The summed E-state index contributed by atoms with van der Waals surface area (Å²) in [6.07, 6.45) is 0. The monoisotopic (exact) mass is 322 g/mol. The molecule has 2 amide bonds. The molecule has 21 heavy (non-hydrogen) atoms. The van der Waals surface area contributed by atoms with E-state index in [-0.39, 0.29) is 11.8 Å². The molecule has 0 saturated carbocycles. The van der Waals surface area contributed by atoms with Crippen molar-refractivity contribution in [1.82, 2.24) is 10.6 Å². The second-order valence-corrected chi connectivity index (χ2v) is 5.91. The Bertz CT molecular complexity index is 628. The minimum atomic E-state index is -0.631. The molecule has 0 aliphatic rings. The van der Waals surface area contributed by atoms with Crippen LogP contribution < -0.4 is 10.6 Å². The molecule has 2 aromatic rings. The third-order valence-electron chi connectivity index (χ3n) is 2.88. The van der Waals surface area contributed by atoms with Crippen molar-refractivity contribution >= 4 is 34.8 Å². The number of carbonyl (C=O) groups excluding carboxylic acids is 2. The van der Waals surface area contributed by atoms with Crippen molar-refractivity contribution in [2.24, 2.45) is 0 Å². The second kappa shape index (κ2) is 7.24. The van der Waals surface area contributed by atoms with Crippen LogP contribution in [0.4, 0.5) is 0 Å². The van der Waals surface area contributed by atoms with Gasteiger partial charge in [-0.25, -0.2) is 0 Å².